The molecule has 2 aromatic heterocycles. The van der Waals surface area contributed by atoms with Gasteiger partial charge >= 0.3 is 0 Å². The van der Waals surface area contributed by atoms with E-state index in [0.717, 1.165) is 42.5 Å². The van der Waals surface area contributed by atoms with E-state index < -0.39 is 0 Å². The first-order valence-corrected chi connectivity index (χ1v) is 8.59. The first kappa shape index (κ1) is 15.0. The van der Waals surface area contributed by atoms with E-state index in [2.05, 4.69) is 39.8 Å². The molecule has 1 N–H and O–H groups in total. The fourth-order valence-corrected chi connectivity index (χ4v) is 3.65. The number of carbonyl (C=O) groups excluding carboxylic acids is 1. The van der Waals surface area contributed by atoms with Crippen LogP contribution in [0, 0.1) is 6.92 Å². The van der Waals surface area contributed by atoms with E-state index in [-0.39, 0.29) is 11.9 Å². The monoisotopic (exact) mass is 322 g/mol. The third kappa shape index (κ3) is 2.40. The molecule has 1 unspecified atom stereocenters. The highest BCUT2D eigenvalue weighted by atomic mass is 16.2. The molecule has 0 saturated carbocycles. The number of fused-ring (bicyclic) bond motifs is 2. The van der Waals surface area contributed by atoms with Gasteiger partial charge in [0, 0.05) is 25.0 Å². The zero-order chi connectivity index (χ0) is 16.7. The normalized spacial score (nSPS) is 17.2. The van der Waals surface area contributed by atoms with Crippen LogP contribution in [-0.4, -0.2) is 31.9 Å². The predicted molar refractivity (Wildman–Crippen MR) is 93.9 cm³/mol. The number of carbonyl (C=O) groups is 1. The van der Waals surface area contributed by atoms with Crippen LogP contribution < -0.4 is 0 Å². The van der Waals surface area contributed by atoms with E-state index in [0.29, 0.717) is 5.82 Å². The van der Waals surface area contributed by atoms with Crippen molar-refractivity contribution < 1.29 is 4.79 Å². The van der Waals surface area contributed by atoms with Gasteiger partial charge in [0.1, 0.15) is 0 Å². The highest BCUT2D eigenvalue weighted by molar-refractivity contribution is 5.94. The molecule has 0 bridgehead atoms. The van der Waals surface area contributed by atoms with Gasteiger partial charge in [-0.2, -0.15) is 0 Å². The Bertz CT molecular complexity index is 892. The molecule has 0 fully saturated rings. The van der Waals surface area contributed by atoms with Crippen molar-refractivity contribution in [3.63, 3.8) is 0 Å². The molecule has 3 heterocycles. The van der Waals surface area contributed by atoms with Crippen molar-refractivity contribution >= 4 is 16.9 Å². The summed E-state index contributed by atoms with van der Waals surface area (Å²) in [5, 5.41) is 0. The number of nitrogens with one attached hydrogen (secondary N) is 1. The molecule has 5 nitrogen and oxygen atoms in total. The fraction of sp³-hybridized carbons (Fsp3) is 0.368. The maximum absolute atomic E-state index is 13.1. The van der Waals surface area contributed by atoms with Gasteiger partial charge < -0.3 is 14.5 Å². The number of nitrogens with zero attached hydrogens (tertiary/aromatic N) is 3. The lowest BCUT2D eigenvalue weighted by Gasteiger charge is -2.36. The maximum Gasteiger partial charge on any atom is 0.290 e. The Balaban J connectivity index is 1.69. The molecule has 0 saturated heterocycles. The summed E-state index contributed by atoms with van der Waals surface area (Å²) in [6, 6.07) is 10.3. The van der Waals surface area contributed by atoms with Gasteiger partial charge in [-0.15, -0.1) is 0 Å². The zero-order valence-corrected chi connectivity index (χ0v) is 14.1. The number of amides is 1. The first-order chi connectivity index (χ1) is 11.7. The average Bonchev–Trinajstić information content (AvgIpc) is 3.20. The summed E-state index contributed by atoms with van der Waals surface area (Å²) in [7, 11) is 0. The number of imidazole rings is 1. The van der Waals surface area contributed by atoms with Crippen LogP contribution in [0.5, 0.6) is 0 Å². The van der Waals surface area contributed by atoms with Gasteiger partial charge in [0.15, 0.2) is 5.82 Å². The summed E-state index contributed by atoms with van der Waals surface area (Å²) in [6.07, 6.45) is 4.11. The minimum absolute atomic E-state index is 0.00486. The lowest BCUT2D eigenvalue weighted by atomic mass is 10.0. The molecule has 1 aliphatic heterocycles. The summed E-state index contributed by atoms with van der Waals surface area (Å²) in [6.45, 7) is 5.77. The van der Waals surface area contributed by atoms with Gasteiger partial charge in [0.05, 0.1) is 17.1 Å². The summed E-state index contributed by atoms with van der Waals surface area (Å²) < 4.78 is 2.26. The quantitative estimate of drug-likeness (QED) is 0.800. The number of hydrogen-bond donors (Lipinski definition) is 1. The van der Waals surface area contributed by atoms with E-state index in [1.54, 1.807) is 0 Å². The Kier molecular flexibility index (Phi) is 3.63. The minimum atomic E-state index is -0.00486. The highest BCUT2D eigenvalue weighted by Gasteiger charge is 2.32. The molecule has 0 radical (unpaired) electrons. The molecule has 24 heavy (non-hydrogen) atoms. The Hall–Kier alpha value is -2.56. The number of H-pyrrole nitrogens is 1. The molecule has 124 valence electrons. The summed E-state index contributed by atoms with van der Waals surface area (Å²) >= 11 is 0. The van der Waals surface area contributed by atoms with E-state index in [1.807, 2.05) is 30.0 Å². The third-order valence-electron chi connectivity index (χ3n) is 4.83. The molecular weight excluding hydrogens is 300 g/mol. The Labute approximate surface area is 141 Å². The third-order valence-corrected chi connectivity index (χ3v) is 4.83. The van der Waals surface area contributed by atoms with Gasteiger partial charge in [0.25, 0.3) is 5.91 Å². The largest absolute Gasteiger partial charge is 0.348 e. The van der Waals surface area contributed by atoms with Crippen molar-refractivity contribution in [1.82, 2.24) is 19.4 Å². The summed E-state index contributed by atoms with van der Waals surface area (Å²) in [5.74, 6) is 0.437. The molecular formula is C19H22N4O. The van der Waals surface area contributed by atoms with Gasteiger partial charge in [-0.25, -0.2) is 4.98 Å². The SMILES string of the molecule is CCCC1c2cccn2CCN1C(=O)c1nc2ccc(C)cc2[nH]1. The van der Waals surface area contributed by atoms with Crippen molar-refractivity contribution in [1.29, 1.82) is 0 Å². The second-order valence-electron chi connectivity index (χ2n) is 6.54. The second kappa shape index (κ2) is 5.82. The van der Waals surface area contributed by atoms with Gasteiger partial charge in [-0.05, 0) is 43.2 Å². The van der Waals surface area contributed by atoms with Crippen molar-refractivity contribution in [3.05, 3.63) is 53.6 Å². The molecule has 1 atom stereocenters. The highest BCUT2D eigenvalue weighted by Crippen LogP contribution is 2.31. The van der Waals surface area contributed by atoms with Gasteiger partial charge in [-0.1, -0.05) is 19.4 Å². The minimum Gasteiger partial charge on any atom is -0.348 e. The number of hydrogen-bond acceptors (Lipinski definition) is 2. The Morgan fingerprint density at radius 2 is 2.21 bits per heavy atom. The van der Waals surface area contributed by atoms with Crippen LogP contribution in [0.25, 0.3) is 11.0 Å². The van der Waals surface area contributed by atoms with Crippen LogP contribution >= 0.6 is 0 Å². The van der Waals surface area contributed by atoms with Gasteiger partial charge in [-0.3, -0.25) is 4.79 Å². The Morgan fingerprint density at radius 3 is 3.04 bits per heavy atom. The average molecular weight is 322 g/mol. The standard InChI is InChI=1S/C19H22N4O/c1-3-5-17-16-6-4-9-22(16)10-11-23(17)19(24)18-20-14-8-7-13(2)12-15(14)21-18/h4,6-9,12,17H,3,5,10-11H2,1-2H3,(H,20,21). The summed E-state index contributed by atoms with van der Waals surface area (Å²) in [4.78, 5) is 22.8. The number of aryl methyl sites for hydroxylation is 1. The molecule has 1 aromatic carbocycles. The zero-order valence-electron chi connectivity index (χ0n) is 14.1. The van der Waals surface area contributed by atoms with Crippen LogP contribution in [0.15, 0.2) is 36.5 Å². The molecule has 3 aromatic rings. The molecule has 4 rings (SSSR count). The lowest BCUT2D eigenvalue weighted by Crippen LogP contribution is -2.42. The van der Waals surface area contributed by atoms with E-state index >= 15 is 0 Å². The smallest absolute Gasteiger partial charge is 0.290 e. The maximum atomic E-state index is 13.1. The van der Waals surface area contributed by atoms with Crippen molar-refractivity contribution in [2.24, 2.45) is 0 Å². The van der Waals surface area contributed by atoms with E-state index in [9.17, 15) is 4.79 Å². The van der Waals surface area contributed by atoms with Crippen molar-refractivity contribution in [2.75, 3.05) is 6.54 Å². The summed E-state index contributed by atoms with van der Waals surface area (Å²) in [5.41, 5.74) is 4.15. The molecule has 1 amide bonds. The van der Waals surface area contributed by atoms with Crippen LogP contribution in [-0.2, 0) is 6.54 Å². The van der Waals surface area contributed by atoms with Crippen LogP contribution in [0.2, 0.25) is 0 Å². The van der Waals surface area contributed by atoms with Crippen LogP contribution in [0.4, 0.5) is 0 Å². The second-order valence-corrected chi connectivity index (χ2v) is 6.54. The topological polar surface area (TPSA) is 53.9 Å². The molecule has 5 heteroatoms. The number of aromatic amines is 1. The van der Waals surface area contributed by atoms with Gasteiger partial charge in [0.2, 0.25) is 0 Å². The van der Waals surface area contributed by atoms with E-state index in [4.69, 9.17) is 0 Å². The Morgan fingerprint density at radius 1 is 1.33 bits per heavy atom. The van der Waals surface area contributed by atoms with Crippen LogP contribution in [0.3, 0.4) is 0 Å². The van der Waals surface area contributed by atoms with Crippen molar-refractivity contribution in [2.45, 2.75) is 39.3 Å². The molecule has 1 aliphatic rings. The molecule has 0 spiro atoms. The number of benzene rings is 1. The number of aromatic nitrogens is 3. The number of rotatable bonds is 3. The first-order valence-electron chi connectivity index (χ1n) is 8.59. The van der Waals surface area contributed by atoms with Crippen LogP contribution in [0.1, 0.15) is 47.7 Å². The van der Waals surface area contributed by atoms with Crippen molar-refractivity contribution in [3.8, 4) is 0 Å². The lowest BCUT2D eigenvalue weighted by molar-refractivity contribution is 0.0599. The van der Waals surface area contributed by atoms with E-state index in [1.165, 1.54) is 5.69 Å². The predicted octanol–water partition coefficient (Wildman–Crippen LogP) is 3.67. The fourth-order valence-electron chi connectivity index (χ4n) is 3.65. The molecule has 0 aliphatic carbocycles.